The summed E-state index contributed by atoms with van der Waals surface area (Å²) >= 11 is 0. The van der Waals surface area contributed by atoms with Gasteiger partial charge in [-0.25, -0.2) is 0 Å². The van der Waals surface area contributed by atoms with Gasteiger partial charge >= 0.3 is 11.9 Å². The maximum Gasteiger partial charge on any atom is 0.323 e. The van der Waals surface area contributed by atoms with Gasteiger partial charge in [0.05, 0.1) is 6.61 Å². The summed E-state index contributed by atoms with van der Waals surface area (Å²) in [5.41, 5.74) is 9.25. The summed E-state index contributed by atoms with van der Waals surface area (Å²) in [5.74, 6) is -1.84. The van der Waals surface area contributed by atoms with Crippen molar-refractivity contribution in [1.82, 2.24) is 0 Å². The highest BCUT2D eigenvalue weighted by molar-refractivity contribution is 5.99. The van der Waals surface area contributed by atoms with Crippen molar-refractivity contribution >= 4 is 11.9 Å². The zero-order chi connectivity index (χ0) is 13.3. The zero-order valence-corrected chi connectivity index (χ0v) is 10.3. The van der Waals surface area contributed by atoms with E-state index in [2.05, 4.69) is 0 Å². The fourth-order valence-electron chi connectivity index (χ4n) is 1.71. The van der Waals surface area contributed by atoms with Crippen molar-refractivity contribution in [1.29, 1.82) is 0 Å². The van der Waals surface area contributed by atoms with Crippen LogP contribution in [0, 0.1) is 5.41 Å². The minimum atomic E-state index is -1.49. The van der Waals surface area contributed by atoms with Crippen LogP contribution in [0.2, 0.25) is 0 Å². The number of carboxylic acids is 1. The Balaban J connectivity index is 4.93. The second kappa shape index (κ2) is 8.03. The average Bonchev–Trinajstić information content (AvgIpc) is 2.29. The Kier molecular flexibility index (Phi) is 7.49. The lowest BCUT2D eigenvalue weighted by Gasteiger charge is -2.26. The molecule has 0 atom stereocenters. The fourth-order valence-corrected chi connectivity index (χ4v) is 1.71. The Morgan fingerprint density at radius 2 is 1.65 bits per heavy atom. The van der Waals surface area contributed by atoms with Crippen molar-refractivity contribution in [2.45, 2.75) is 32.6 Å². The van der Waals surface area contributed by atoms with Crippen molar-refractivity contribution < 1.29 is 19.4 Å². The van der Waals surface area contributed by atoms with Crippen LogP contribution in [0.15, 0.2) is 0 Å². The molecule has 6 heteroatoms. The van der Waals surface area contributed by atoms with Crippen molar-refractivity contribution in [2.24, 2.45) is 16.9 Å². The van der Waals surface area contributed by atoms with Gasteiger partial charge in [0.1, 0.15) is 0 Å². The first-order valence-corrected chi connectivity index (χ1v) is 5.86. The molecule has 0 fully saturated rings. The number of carbonyl (C=O) groups excluding carboxylic acids is 1. The molecule has 100 valence electrons. The highest BCUT2D eigenvalue weighted by Crippen LogP contribution is 2.31. The summed E-state index contributed by atoms with van der Waals surface area (Å²) in [4.78, 5) is 23.2. The molecule has 5 N–H and O–H groups in total. The molecule has 0 saturated heterocycles. The van der Waals surface area contributed by atoms with Gasteiger partial charge in [-0.05, 0) is 45.7 Å². The minimum Gasteiger partial charge on any atom is -0.480 e. The molecule has 0 amide bonds. The normalized spacial score (nSPS) is 11.2. The molecule has 0 aromatic heterocycles. The van der Waals surface area contributed by atoms with E-state index in [4.69, 9.17) is 16.2 Å². The second-order valence-electron chi connectivity index (χ2n) is 3.89. The lowest BCUT2D eigenvalue weighted by Crippen LogP contribution is -2.41. The van der Waals surface area contributed by atoms with E-state index in [1.54, 1.807) is 6.92 Å². The number of carbonyl (C=O) groups is 2. The van der Waals surface area contributed by atoms with Crippen LogP contribution in [0.25, 0.3) is 0 Å². The van der Waals surface area contributed by atoms with Crippen LogP contribution in [-0.4, -0.2) is 36.7 Å². The summed E-state index contributed by atoms with van der Waals surface area (Å²) in [5, 5.41) is 9.29. The highest BCUT2D eigenvalue weighted by atomic mass is 16.5. The SMILES string of the molecule is CCOC(=O)C(CCCN)(CCCN)C(=O)O. The van der Waals surface area contributed by atoms with Gasteiger partial charge in [0.15, 0.2) is 5.41 Å². The van der Waals surface area contributed by atoms with Gasteiger partial charge in [-0.1, -0.05) is 0 Å². The van der Waals surface area contributed by atoms with Crippen molar-refractivity contribution in [3.05, 3.63) is 0 Å². The largest absolute Gasteiger partial charge is 0.480 e. The van der Waals surface area contributed by atoms with E-state index in [0.29, 0.717) is 25.9 Å². The molecule has 6 nitrogen and oxygen atoms in total. The van der Waals surface area contributed by atoms with Crippen molar-refractivity contribution in [2.75, 3.05) is 19.7 Å². The van der Waals surface area contributed by atoms with Crippen LogP contribution in [0.1, 0.15) is 32.6 Å². The topological polar surface area (TPSA) is 116 Å². The first-order valence-electron chi connectivity index (χ1n) is 5.86. The molecular weight excluding hydrogens is 224 g/mol. The number of rotatable bonds is 9. The summed E-state index contributed by atoms with van der Waals surface area (Å²) in [6.07, 6.45) is 1.32. The molecule has 0 radical (unpaired) electrons. The molecule has 0 unspecified atom stereocenters. The Labute approximate surface area is 101 Å². The summed E-state index contributed by atoms with van der Waals surface area (Å²) in [6, 6.07) is 0. The summed E-state index contributed by atoms with van der Waals surface area (Å²) < 4.78 is 4.86. The zero-order valence-electron chi connectivity index (χ0n) is 10.3. The van der Waals surface area contributed by atoms with E-state index < -0.39 is 17.4 Å². The lowest BCUT2D eigenvalue weighted by atomic mass is 9.79. The standard InChI is InChI=1S/C11H22N2O4/c1-2-17-10(16)11(9(14)15,5-3-7-12)6-4-8-13/h2-8,12-13H2,1H3,(H,14,15). The molecule has 0 aliphatic carbocycles. The van der Waals surface area contributed by atoms with Crippen LogP contribution in [0.3, 0.4) is 0 Å². The fraction of sp³-hybridized carbons (Fsp3) is 0.818. The Morgan fingerprint density at radius 3 is 1.94 bits per heavy atom. The third-order valence-electron chi connectivity index (χ3n) is 2.69. The Hall–Kier alpha value is -1.14. The van der Waals surface area contributed by atoms with E-state index in [1.807, 2.05) is 0 Å². The van der Waals surface area contributed by atoms with Crippen LogP contribution in [0.4, 0.5) is 0 Å². The number of carboxylic acid groups (broad SMARTS) is 1. The number of ether oxygens (including phenoxy) is 1. The number of aliphatic carboxylic acids is 1. The van der Waals surface area contributed by atoms with Gasteiger partial charge in [-0.3, -0.25) is 9.59 Å². The number of hydrogen-bond acceptors (Lipinski definition) is 5. The van der Waals surface area contributed by atoms with Crippen LogP contribution in [-0.2, 0) is 14.3 Å². The molecule has 0 spiro atoms. The average molecular weight is 246 g/mol. The smallest absolute Gasteiger partial charge is 0.323 e. The molecule has 0 aromatic carbocycles. The van der Waals surface area contributed by atoms with E-state index >= 15 is 0 Å². The molecule has 0 aliphatic rings. The highest BCUT2D eigenvalue weighted by Gasteiger charge is 2.46. The summed E-state index contributed by atoms with van der Waals surface area (Å²) in [6.45, 7) is 2.50. The van der Waals surface area contributed by atoms with E-state index in [1.165, 1.54) is 0 Å². The van der Waals surface area contributed by atoms with E-state index in [0.717, 1.165) is 0 Å². The maximum atomic E-state index is 11.8. The number of nitrogens with two attached hydrogens (primary N) is 2. The molecule has 0 aliphatic heterocycles. The molecular formula is C11H22N2O4. The van der Waals surface area contributed by atoms with E-state index in [9.17, 15) is 14.7 Å². The van der Waals surface area contributed by atoms with Crippen LogP contribution >= 0.6 is 0 Å². The van der Waals surface area contributed by atoms with Gasteiger partial charge in [0.25, 0.3) is 0 Å². The maximum absolute atomic E-state index is 11.8. The monoisotopic (exact) mass is 246 g/mol. The Bertz CT molecular complexity index is 248. The molecule has 0 bridgehead atoms. The molecule has 0 rings (SSSR count). The van der Waals surface area contributed by atoms with Gasteiger partial charge in [0, 0.05) is 0 Å². The molecule has 0 saturated carbocycles. The molecule has 0 heterocycles. The van der Waals surface area contributed by atoms with Crippen molar-refractivity contribution in [3.8, 4) is 0 Å². The third kappa shape index (κ3) is 4.32. The predicted molar refractivity (Wildman–Crippen MR) is 63.3 cm³/mol. The quantitative estimate of drug-likeness (QED) is 0.392. The second-order valence-corrected chi connectivity index (χ2v) is 3.89. The van der Waals surface area contributed by atoms with Gasteiger partial charge < -0.3 is 21.3 Å². The first kappa shape index (κ1) is 15.9. The van der Waals surface area contributed by atoms with Gasteiger partial charge in [-0.15, -0.1) is 0 Å². The molecule has 0 aromatic rings. The third-order valence-corrected chi connectivity index (χ3v) is 2.69. The van der Waals surface area contributed by atoms with Gasteiger partial charge in [0.2, 0.25) is 0 Å². The van der Waals surface area contributed by atoms with Crippen LogP contribution in [0.5, 0.6) is 0 Å². The van der Waals surface area contributed by atoms with Gasteiger partial charge in [-0.2, -0.15) is 0 Å². The minimum absolute atomic E-state index is 0.166. The summed E-state index contributed by atoms with van der Waals surface area (Å²) in [7, 11) is 0. The Morgan fingerprint density at radius 1 is 1.18 bits per heavy atom. The van der Waals surface area contributed by atoms with Crippen LogP contribution < -0.4 is 11.5 Å². The number of hydrogen-bond donors (Lipinski definition) is 3. The number of esters is 1. The lowest BCUT2D eigenvalue weighted by molar-refractivity contribution is -0.170. The van der Waals surface area contributed by atoms with E-state index in [-0.39, 0.29) is 19.4 Å². The molecule has 17 heavy (non-hydrogen) atoms. The first-order chi connectivity index (χ1) is 8.05. The van der Waals surface area contributed by atoms with Crippen molar-refractivity contribution in [3.63, 3.8) is 0 Å². The predicted octanol–water partition coefficient (Wildman–Crippen LogP) is 0.0983.